The minimum atomic E-state index is -0.651. The predicted octanol–water partition coefficient (Wildman–Crippen LogP) is 1.65. The van der Waals surface area contributed by atoms with Gasteiger partial charge in [0.15, 0.2) is 0 Å². The van der Waals surface area contributed by atoms with Crippen LogP contribution in [0, 0.1) is 11.3 Å². The molecule has 0 unspecified atom stereocenters. The van der Waals surface area contributed by atoms with Gasteiger partial charge in [0.2, 0.25) is 0 Å². The molecule has 0 radical (unpaired) electrons. The molecule has 0 amide bonds. The summed E-state index contributed by atoms with van der Waals surface area (Å²) in [5, 5.41) is 10.6. The van der Waals surface area contributed by atoms with E-state index in [0.717, 1.165) is 42.7 Å². The molecule has 0 aromatic carbocycles. The number of H-pyrrole nitrogens is 1. The lowest BCUT2D eigenvalue weighted by Gasteiger charge is -2.23. The Morgan fingerprint density at radius 1 is 1.50 bits per heavy atom. The zero-order valence-electron chi connectivity index (χ0n) is 11.0. The van der Waals surface area contributed by atoms with Gasteiger partial charge >= 0.3 is 5.97 Å². The first-order valence-corrected chi connectivity index (χ1v) is 6.97. The third kappa shape index (κ3) is 1.42. The Labute approximate surface area is 115 Å². The van der Waals surface area contributed by atoms with Gasteiger partial charge < -0.3 is 15.0 Å². The van der Waals surface area contributed by atoms with Crippen molar-refractivity contribution in [3.63, 3.8) is 0 Å². The van der Waals surface area contributed by atoms with Crippen LogP contribution in [0.15, 0.2) is 18.6 Å². The normalized spacial score (nSPS) is 29.0. The van der Waals surface area contributed by atoms with Crippen LogP contribution in [-0.4, -0.2) is 39.1 Å². The molecule has 1 saturated carbocycles. The molecular weight excluding hydrogens is 256 g/mol. The van der Waals surface area contributed by atoms with E-state index < -0.39 is 11.4 Å². The summed E-state index contributed by atoms with van der Waals surface area (Å²) in [4.78, 5) is 25.5. The second-order valence-corrected chi connectivity index (χ2v) is 5.87. The summed E-state index contributed by atoms with van der Waals surface area (Å²) in [5.74, 6) is 0.442. The van der Waals surface area contributed by atoms with E-state index in [9.17, 15) is 9.90 Å². The van der Waals surface area contributed by atoms with Crippen molar-refractivity contribution in [1.82, 2.24) is 15.0 Å². The zero-order chi connectivity index (χ0) is 13.7. The van der Waals surface area contributed by atoms with E-state index in [1.165, 1.54) is 6.33 Å². The maximum absolute atomic E-state index is 11.7. The van der Waals surface area contributed by atoms with Crippen LogP contribution in [-0.2, 0) is 4.79 Å². The molecular formula is C14H16N4O2. The number of hydrogen-bond acceptors (Lipinski definition) is 4. The average molecular weight is 272 g/mol. The molecule has 2 N–H and O–H groups in total. The van der Waals surface area contributed by atoms with Crippen molar-refractivity contribution in [1.29, 1.82) is 0 Å². The quantitative estimate of drug-likeness (QED) is 0.868. The molecule has 2 aromatic heterocycles. The highest BCUT2D eigenvalue weighted by Crippen LogP contribution is 2.50. The molecule has 2 atom stereocenters. The van der Waals surface area contributed by atoms with Crippen molar-refractivity contribution in [3.8, 4) is 0 Å². The summed E-state index contributed by atoms with van der Waals surface area (Å²) < 4.78 is 0. The number of anilines is 1. The number of aromatic nitrogens is 3. The topological polar surface area (TPSA) is 82.1 Å². The summed E-state index contributed by atoms with van der Waals surface area (Å²) in [6.07, 6.45) is 6.19. The van der Waals surface area contributed by atoms with Crippen molar-refractivity contribution in [2.75, 3.05) is 18.0 Å². The number of carboxylic acids is 1. The number of nitrogens with one attached hydrogen (secondary N) is 1. The standard InChI is InChI=1S/C14H16N4O2/c19-13(20)14-4-1-2-9(14)6-18(7-14)12-10-3-5-15-11(10)16-8-17-12/h3,5,8-9H,1-2,4,6-7H2,(H,19,20)(H,15,16,17)/t9-,14+/m0/s1. The van der Waals surface area contributed by atoms with Crippen LogP contribution in [0.2, 0.25) is 0 Å². The average Bonchev–Trinajstić information content (AvgIpc) is 3.11. The fraction of sp³-hybridized carbons (Fsp3) is 0.500. The third-order valence-electron chi connectivity index (χ3n) is 4.93. The first-order valence-electron chi connectivity index (χ1n) is 6.97. The van der Waals surface area contributed by atoms with Gasteiger partial charge in [0, 0.05) is 19.3 Å². The van der Waals surface area contributed by atoms with E-state index in [1.54, 1.807) is 0 Å². The lowest BCUT2D eigenvalue weighted by Crippen LogP contribution is -2.35. The second kappa shape index (κ2) is 3.94. The van der Waals surface area contributed by atoms with Crippen LogP contribution >= 0.6 is 0 Å². The molecule has 4 rings (SSSR count). The van der Waals surface area contributed by atoms with E-state index in [1.807, 2.05) is 12.3 Å². The van der Waals surface area contributed by atoms with Gasteiger partial charge in [0.1, 0.15) is 17.8 Å². The Kier molecular flexibility index (Phi) is 2.31. The molecule has 2 aromatic rings. The Hall–Kier alpha value is -2.11. The number of aromatic amines is 1. The summed E-state index contributed by atoms with van der Waals surface area (Å²) in [6, 6.07) is 1.95. The number of carbonyl (C=O) groups is 1. The van der Waals surface area contributed by atoms with Crippen molar-refractivity contribution in [3.05, 3.63) is 18.6 Å². The van der Waals surface area contributed by atoms with Gasteiger partial charge in [0.05, 0.1) is 10.8 Å². The van der Waals surface area contributed by atoms with Gasteiger partial charge in [-0.25, -0.2) is 9.97 Å². The summed E-state index contributed by atoms with van der Waals surface area (Å²) in [5.41, 5.74) is 0.226. The van der Waals surface area contributed by atoms with Crippen LogP contribution in [0.1, 0.15) is 19.3 Å². The molecule has 0 bridgehead atoms. The van der Waals surface area contributed by atoms with Gasteiger partial charge in [-0.15, -0.1) is 0 Å². The predicted molar refractivity (Wildman–Crippen MR) is 73.5 cm³/mol. The van der Waals surface area contributed by atoms with Gasteiger partial charge in [-0.3, -0.25) is 4.79 Å². The van der Waals surface area contributed by atoms with E-state index >= 15 is 0 Å². The van der Waals surface area contributed by atoms with Crippen molar-refractivity contribution in [2.24, 2.45) is 11.3 Å². The molecule has 104 valence electrons. The van der Waals surface area contributed by atoms with Gasteiger partial charge in [-0.05, 0) is 24.8 Å². The molecule has 6 heteroatoms. The second-order valence-electron chi connectivity index (χ2n) is 5.87. The van der Waals surface area contributed by atoms with Crippen LogP contribution in [0.25, 0.3) is 11.0 Å². The van der Waals surface area contributed by atoms with E-state index in [2.05, 4.69) is 19.9 Å². The Morgan fingerprint density at radius 2 is 2.40 bits per heavy atom. The fourth-order valence-corrected chi connectivity index (χ4v) is 3.91. The molecule has 3 heterocycles. The first kappa shape index (κ1) is 11.7. The monoisotopic (exact) mass is 272 g/mol. The summed E-state index contributed by atoms with van der Waals surface area (Å²) in [7, 11) is 0. The van der Waals surface area contributed by atoms with Crippen LogP contribution in [0.5, 0.6) is 0 Å². The fourth-order valence-electron chi connectivity index (χ4n) is 3.91. The van der Waals surface area contributed by atoms with Crippen molar-refractivity contribution >= 4 is 22.8 Å². The largest absolute Gasteiger partial charge is 0.481 e. The van der Waals surface area contributed by atoms with E-state index in [-0.39, 0.29) is 5.92 Å². The SMILES string of the molecule is O=C(O)[C@@]12CCC[C@H]1CN(c1ncnc3[nH]ccc13)C2. The first-order chi connectivity index (χ1) is 9.71. The third-order valence-corrected chi connectivity index (χ3v) is 4.93. The maximum Gasteiger partial charge on any atom is 0.311 e. The summed E-state index contributed by atoms with van der Waals surface area (Å²) in [6.45, 7) is 1.34. The number of hydrogen-bond donors (Lipinski definition) is 2. The number of aliphatic carboxylic acids is 1. The van der Waals surface area contributed by atoms with E-state index in [0.29, 0.717) is 6.54 Å². The lowest BCUT2D eigenvalue weighted by atomic mass is 9.81. The molecule has 1 aliphatic carbocycles. The van der Waals surface area contributed by atoms with Gasteiger partial charge in [0.25, 0.3) is 0 Å². The van der Waals surface area contributed by atoms with Crippen LogP contribution < -0.4 is 4.90 Å². The smallest absolute Gasteiger partial charge is 0.311 e. The molecule has 0 spiro atoms. The number of fused-ring (bicyclic) bond motifs is 2. The van der Waals surface area contributed by atoms with Crippen molar-refractivity contribution in [2.45, 2.75) is 19.3 Å². The van der Waals surface area contributed by atoms with E-state index in [4.69, 9.17) is 0 Å². The Bertz CT molecular complexity index is 683. The van der Waals surface area contributed by atoms with Gasteiger partial charge in [-0.1, -0.05) is 6.42 Å². The minimum Gasteiger partial charge on any atom is -0.481 e. The molecule has 1 saturated heterocycles. The maximum atomic E-state index is 11.7. The highest BCUT2D eigenvalue weighted by molar-refractivity contribution is 5.88. The molecule has 6 nitrogen and oxygen atoms in total. The van der Waals surface area contributed by atoms with Gasteiger partial charge in [-0.2, -0.15) is 0 Å². The number of carboxylic acid groups (broad SMARTS) is 1. The van der Waals surface area contributed by atoms with Crippen LogP contribution in [0.3, 0.4) is 0 Å². The number of rotatable bonds is 2. The highest BCUT2D eigenvalue weighted by Gasteiger charge is 2.55. The van der Waals surface area contributed by atoms with Crippen LogP contribution in [0.4, 0.5) is 5.82 Å². The molecule has 20 heavy (non-hydrogen) atoms. The Morgan fingerprint density at radius 3 is 3.20 bits per heavy atom. The summed E-state index contributed by atoms with van der Waals surface area (Å²) >= 11 is 0. The molecule has 2 fully saturated rings. The zero-order valence-corrected chi connectivity index (χ0v) is 11.0. The Balaban J connectivity index is 1.75. The molecule has 1 aliphatic heterocycles. The number of nitrogens with zero attached hydrogens (tertiary/aromatic N) is 3. The molecule has 2 aliphatic rings. The lowest BCUT2D eigenvalue weighted by molar-refractivity contribution is -0.149. The minimum absolute atomic E-state index is 0.240. The van der Waals surface area contributed by atoms with Crippen molar-refractivity contribution < 1.29 is 9.90 Å². The highest BCUT2D eigenvalue weighted by atomic mass is 16.4.